The summed E-state index contributed by atoms with van der Waals surface area (Å²) < 4.78 is 0. The summed E-state index contributed by atoms with van der Waals surface area (Å²) >= 11 is 0. The second-order valence-corrected chi connectivity index (χ2v) is 8.19. The Bertz CT molecular complexity index is 409. The Morgan fingerprint density at radius 3 is 2.45 bits per heavy atom. The lowest BCUT2D eigenvalue weighted by molar-refractivity contribution is -0.132. The van der Waals surface area contributed by atoms with Crippen LogP contribution >= 0.6 is 0 Å². The monoisotopic (exact) mass is 280 g/mol. The molecule has 114 valence electrons. The molecule has 0 spiro atoms. The van der Waals surface area contributed by atoms with E-state index in [2.05, 4.69) is 19.2 Å². The molecule has 2 atom stereocenters. The van der Waals surface area contributed by atoms with Crippen LogP contribution in [0.3, 0.4) is 0 Å². The molecule has 1 N–H and O–H groups in total. The molecule has 2 unspecified atom stereocenters. The minimum atomic E-state index is -0.193. The molecule has 2 amide bonds. The Labute approximate surface area is 122 Å². The van der Waals surface area contributed by atoms with Crippen molar-refractivity contribution < 1.29 is 9.59 Å². The summed E-state index contributed by atoms with van der Waals surface area (Å²) in [5, 5.41) is 3.15. The topological polar surface area (TPSA) is 49.4 Å². The highest BCUT2D eigenvalue weighted by Crippen LogP contribution is 2.37. The molecule has 1 heterocycles. The predicted molar refractivity (Wildman–Crippen MR) is 79.1 cm³/mol. The maximum Gasteiger partial charge on any atom is 0.225 e. The fourth-order valence-electron chi connectivity index (χ4n) is 3.41. The summed E-state index contributed by atoms with van der Waals surface area (Å²) in [7, 11) is 0. The van der Waals surface area contributed by atoms with Crippen LogP contribution in [0.25, 0.3) is 0 Å². The first-order chi connectivity index (χ1) is 9.08. The van der Waals surface area contributed by atoms with Gasteiger partial charge >= 0.3 is 0 Å². The van der Waals surface area contributed by atoms with Crippen LogP contribution in [0.4, 0.5) is 0 Å². The van der Waals surface area contributed by atoms with E-state index in [1.54, 1.807) is 0 Å². The van der Waals surface area contributed by atoms with Crippen LogP contribution in [-0.4, -0.2) is 34.8 Å². The van der Waals surface area contributed by atoms with Gasteiger partial charge in [-0.25, -0.2) is 0 Å². The smallest absolute Gasteiger partial charge is 0.225 e. The quantitative estimate of drug-likeness (QED) is 0.844. The highest BCUT2D eigenvalue weighted by Gasteiger charge is 2.40. The lowest BCUT2D eigenvalue weighted by Crippen LogP contribution is -2.44. The Kier molecular flexibility index (Phi) is 3.87. The number of nitrogens with one attached hydrogen (secondary N) is 1. The molecule has 0 aromatic rings. The largest absolute Gasteiger partial charge is 0.353 e. The van der Waals surface area contributed by atoms with Crippen LogP contribution in [0, 0.1) is 11.3 Å². The average molecular weight is 280 g/mol. The van der Waals surface area contributed by atoms with Gasteiger partial charge in [-0.2, -0.15) is 0 Å². The molecule has 4 nitrogen and oxygen atoms in total. The molecule has 1 saturated heterocycles. The SMILES string of the molecule is CC1(C)CCC(NC(=O)C2CC(=O)N(C(C)(C)C)C2)C1. The number of rotatable bonds is 2. The number of carbonyl (C=O) groups is 2. The fourth-order valence-corrected chi connectivity index (χ4v) is 3.41. The Morgan fingerprint density at radius 2 is 2.00 bits per heavy atom. The molecule has 0 bridgehead atoms. The number of amides is 2. The van der Waals surface area contributed by atoms with Gasteiger partial charge < -0.3 is 10.2 Å². The van der Waals surface area contributed by atoms with Gasteiger partial charge in [-0.05, 0) is 45.4 Å². The van der Waals surface area contributed by atoms with Gasteiger partial charge in [-0.15, -0.1) is 0 Å². The summed E-state index contributed by atoms with van der Waals surface area (Å²) in [6.07, 6.45) is 3.62. The van der Waals surface area contributed by atoms with Crippen molar-refractivity contribution in [2.45, 2.75) is 71.9 Å². The van der Waals surface area contributed by atoms with Crippen LogP contribution in [-0.2, 0) is 9.59 Å². The third-order valence-corrected chi connectivity index (χ3v) is 4.62. The second kappa shape index (κ2) is 5.05. The lowest BCUT2D eigenvalue weighted by Gasteiger charge is -2.32. The van der Waals surface area contributed by atoms with Crippen molar-refractivity contribution in [3.63, 3.8) is 0 Å². The van der Waals surface area contributed by atoms with E-state index >= 15 is 0 Å². The molecule has 2 aliphatic rings. The van der Waals surface area contributed by atoms with E-state index in [4.69, 9.17) is 0 Å². The number of nitrogens with zero attached hydrogens (tertiary/aromatic N) is 1. The minimum absolute atomic E-state index is 0.0628. The van der Waals surface area contributed by atoms with Gasteiger partial charge in [0.05, 0.1) is 5.92 Å². The van der Waals surface area contributed by atoms with Gasteiger partial charge in [0.15, 0.2) is 0 Å². The van der Waals surface area contributed by atoms with Crippen molar-refractivity contribution in [1.82, 2.24) is 10.2 Å². The third kappa shape index (κ3) is 3.33. The van der Waals surface area contributed by atoms with Gasteiger partial charge in [0, 0.05) is 24.5 Å². The predicted octanol–water partition coefficient (Wildman–Crippen LogP) is 2.33. The lowest BCUT2D eigenvalue weighted by atomic mass is 9.92. The summed E-state index contributed by atoms with van der Waals surface area (Å²) in [5.74, 6) is -0.0114. The molecule has 2 rings (SSSR count). The van der Waals surface area contributed by atoms with Crippen molar-refractivity contribution in [2.24, 2.45) is 11.3 Å². The zero-order valence-corrected chi connectivity index (χ0v) is 13.5. The maximum absolute atomic E-state index is 12.3. The summed E-state index contributed by atoms with van der Waals surface area (Å²) in [6, 6.07) is 0.288. The zero-order valence-electron chi connectivity index (χ0n) is 13.5. The Hall–Kier alpha value is -1.06. The molecule has 0 radical (unpaired) electrons. The normalized spacial score (nSPS) is 29.9. The van der Waals surface area contributed by atoms with Crippen molar-refractivity contribution in [1.29, 1.82) is 0 Å². The number of hydrogen-bond acceptors (Lipinski definition) is 2. The van der Waals surface area contributed by atoms with Gasteiger partial charge in [0.2, 0.25) is 11.8 Å². The van der Waals surface area contributed by atoms with E-state index in [-0.39, 0.29) is 29.3 Å². The Morgan fingerprint density at radius 1 is 1.35 bits per heavy atom. The van der Waals surface area contributed by atoms with Crippen molar-refractivity contribution in [3.8, 4) is 0 Å². The highest BCUT2D eigenvalue weighted by atomic mass is 16.2. The summed E-state index contributed by atoms with van der Waals surface area (Å²) in [5.41, 5.74) is 0.141. The second-order valence-electron chi connectivity index (χ2n) is 8.19. The van der Waals surface area contributed by atoms with E-state index in [0.29, 0.717) is 18.4 Å². The minimum Gasteiger partial charge on any atom is -0.353 e. The molecule has 1 saturated carbocycles. The maximum atomic E-state index is 12.3. The van der Waals surface area contributed by atoms with Crippen molar-refractivity contribution >= 4 is 11.8 Å². The average Bonchev–Trinajstić information content (AvgIpc) is 2.81. The summed E-state index contributed by atoms with van der Waals surface area (Å²) in [4.78, 5) is 26.2. The van der Waals surface area contributed by atoms with E-state index in [1.807, 2.05) is 25.7 Å². The molecule has 4 heteroatoms. The van der Waals surface area contributed by atoms with Crippen LogP contribution < -0.4 is 5.32 Å². The fraction of sp³-hybridized carbons (Fsp3) is 0.875. The van der Waals surface area contributed by atoms with Gasteiger partial charge in [0.25, 0.3) is 0 Å². The highest BCUT2D eigenvalue weighted by molar-refractivity contribution is 5.89. The number of likely N-dealkylation sites (tertiary alicyclic amines) is 1. The van der Waals surface area contributed by atoms with Gasteiger partial charge in [-0.3, -0.25) is 9.59 Å². The molecule has 0 aromatic heterocycles. The zero-order chi connectivity index (χ0) is 15.1. The van der Waals surface area contributed by atoms with Crippen molar-refractivity contribution in [2.75, 3.05) is 6.54 Å². The van der Waals surface area contributed by atoms with Crippen LogP contribution in [0.1, 0.15) is 60.3 Å². The molecular weight excluding hydrogens is 252 g/mol. The van der Waals surface area contributed by atoms with Gasteiger partial charge in [0.1, 0.15) is 0 Å². The molecule has 1 aliphatic heterocycles. The number of hydrogen-bond donors (Lipinski definition) is 1. The van der Waals surface area contributed by atoms with Crippen LogP contribution in [0.5, 0.6) is 0 Å². The first-order valence-electron chi connectivity index (χ1n) is 7.69. The van der Waals surface area contributed by atoms with E-state index in [1.165, 1.54) is 0 Å². The van der Waals surface area contributed by atoms with E-state index in [9.17, 15) is 9.59 Å². The first-order valence-corrected chi connectivity index (χ1v) is 7.69. The molecular formula is C16H28N2O2. The number of carbonyl (C=O) groups excluding carboxylic acids is 2. The van der Waals surface area contributed by atoms with Crippen molar-refractivity contribution in [3.05, 3.63) is 0 Å². The van der Waals surface area contributed by atoms with Crippen LogP contribution in [0.2, 0.25) is 0 Å². The molecule has 2 fully saturated rings. The first kappa shape index (κ1) is 15.3. The van der Waals surface area contributed by atoms with E-state index < -0.39 is 0 Å². The van der Waals surface area contributed by atoms with E-state index in [0.717, 1.165) is 19.3 Å². The van der Waals surface area contributed by atoms with Crippen LogP contribution in [0.15, 0.2) is 0 Å². The Balaban J connectivity index is 1.90. The molecule has 20 heavy (non-hydrogen) atoms. The third-order valence-electron chi connectivity index (χ3n) is 4.62. The molecule has 0 aromatic carbocycles. The summed E-state index contributed by atoms with van der Waals surface area (Å²) in [6.45, 7) is 11.1. The van der Waals surface area contributed by atoms with Gasteiger partial charge in [-0.1, -0.05) is 13.8 Å². The standard InChI is InChI=1S/C16H28N2O2/c1-15(2,3)18-10-11(8-13(18)19)14(20)17-12-6-7-16(4,5)9-12/h11-12H,6-10H2,1-5H3,(H,17,20). The molecule has 1 aliphatic carbocycles.